The highest BCUT2D eigenvalue weighted by molar-refractivity contribution is 5.38. The van der Waals surface area contributed by atoms with Crippen LogP contribution in [0.3, 0.4) is 0 Å². The van der Waals surface area contributed by atoms with Crippen LogP contribution in [0.1, 0.15) is 18.4 Å². The number of aromatic nitrogens is 2. The lowest BCUT2D eigenvalue weighted by Gasteiger charge is -2.32. The maximum atomic E-state index is 13.0. The summed E-state index contributed by atoms with van der Waals surface area (Å²) in [5, 5.41) is 8.09. The van der Waals surface area contributed by atoms with Gasteiger partial charge in [0.25, 0.3) is 0 Å². The van der Waals surface area contributed by atoms with Crippen LogP contribution in [0, 0.1) is 5.82 Å². The zero-order chi connectivity index (χ0) is 17.8. The van der Waals surface area contributed by atoms with Crippen LogP contribution in [0.4, 0.5) is 10.2 Å². The number of benzene rings is 2. The van der Waals surface area contributed by atoms with Crippen molar-refractivity contribution in [2.45, 2.75) is 25.4 Å². The molecule has 4 nitrogen and oxygen atoms in total. The van der Waals surface area contributed by atoms with Gasteiger partial charge in [-0.1, -0.05) is 30.3 Å². The van der Waals surface area contributed by atoms with E-state index in [0.29, 0.717) is 6.04 Å². The Morgan fingerprint density at radius 3 is 2.42 bits per heavy atom. The first-order valence-electron chi connectivity index (χ1n) is 9.11. The van der Waals surface area contributed by atoms with Crippen LogP contribution in [0.25, 0.3) is 5.69 Å². The zero-order valence-corrected chi connectivity index (χ0v) is 14.7. The second-order valence-corrected chi connectivity index (χ2v) is 6.80. The average Bonchev–Trinajstić information content (AvgIpc) is 3.13. The standard InChI is InChI=1S/C21H23FN4/c22-18-6-8-20(9-7-18)26-15-12-21(24-26)23-19-10-13-25(14-11-19)16-17-4-2-1-3-5-17/h1-9,12,15,19H,10-11,13-14,16H2,(H,23,24). The number of hydrogen-bond donors (Lipinski definition) is 1. The molecule has 0 spiro atoms. The highest BCUT2D eigenvalue weighted by Gasteiger charge is 2.19. The van der Waals surface area contributed by atoms with E-state index >= 15 is 0 Å². The van der Waals surface area contributed by atoms with Crippen molar-refractivity contribution in [3.05, 3.63) is 78.2 Å². The smallest absolute Gasteiger partial charge is 0.148 e. The van der Waals surface area contributed by atoms with Crippen LogP contribution < -0.4 is 5.32 Å². The third-order valence-electron chi connectivity index (χ3n) is 4.87. The second-order valence-electron chi connectivity index (χ2n) is 6.80. The predicted molar refractivity (Wildman–Crippen MR) is 102 cm³/mol. The fourth-order valence-corrected chi connectivity index (χ4v) is 3.42. The van der Waals surface area contributed by atoms with Crippen molar-refractivity contribution in [2.75, 3.05) is 18.4 Å². The first kappa shape index (κ1) is 16.8. The molecule has 1 aliphatic rings. The van der Waals surface area contributed by atoms with E-state index in [0.717, 1.165) is 44.0 Å². The van der Waals surface area contributed by atoms with Crippen LogP contribution >= 0.6 is 0 Å². The fraction of sp³-hybridized carbons (Fsp3) is 0.286. The summed E-state index contributed by atoms with van der Waals surface area (Å²) in [4.78, 5) is 2.50. The van der Waals surface area contributed by atoms with Crippen molar-refractivity contribution >= 4 is 5.82 Å². The first-order chi connectivity index (χ1) is 12.8. The van der Waals surface area contributed by atoms with Gasteiger partial charge in [-0.2, -0.15) is 5.10 Å². The van der Waals surface area contributed by atoms with Gasteiger partial charge in [-0.25, -0.2) is 9.07 Å². The molecular weight excluding hydrogens is 327 g/mol. The molecule has 1 fully saturated rings. The van der Waals surface area contributed by atoms with E-state index in [2.05, 4.69) is 45.6 Å². The van der Waals surface area contributed by atoms with Crippen LogP contribution in [0.15, 0.2) is 66.9 Å². The summed E-state index contributed by atoms with van der Waals surface area (Å²) in [5.41, 5.74) is 2.23. The second kappa shape index (κ2) is 7.70. The molecule has 0 amide bonds. The Kier molecular flexibility index (Phi) is 4.97. The summed E-state index contributed by atoms with van der Waals surface area (Å²) in [6, 6.07) is 19.4. The summed E-state index contributed by atoms with van der Waals surface area (Å²) in [6.07, 6.45) is 4.12. The van der Waals surface area contributed by atoms with Crippen molar-refractivity contribution in [1.29, 1.82) is 0 Å². The van der Waals surface area contributed by atoms with Gasteiger partial charge in [0.2, 0.25) is 0 Å². The van der Waals surface area contributed by atoms with Gasteiger partial charge in [0.15, 0.2) is 0 Å². The maximum Gasteiger partial charge on any atom is 0.148 e. The van der Waals surface area contributed by atoms with E-state index in [-0.39, 0.29) is 5.82 Å². The lowest BCUT2D eigenvalue weighted by atomic mass is 10.0. The van der Waals surface area contributed by atoms with Crippen molar-refractivity contribution in [2.24, 2.45) is 0 Å². The van der Waals surface area contributed by atoms with Crippen molar-refractivity contribution in [3.8, 4) is 5.69 Å². The minimum absolute atomic E-state index is 0.235. The minimum Gasteiger partial charge on any atom is -0.366 e. The topological polar surface area (TPSA) is 33.1 Å². The van der Waals surface area contributed by atoms with Gasteiger partial charge < -0.3 is 5.32 Å². The van der Waals surface area contributed by atoms with Gasteiger partial charge >= 0.3 is 0 Å². The predicted octanol–water partition coefficient (Wildman–Crippen LogP) is 4.09. The summed E-state index contributed by atoms with van der Waals surface area (Å²) in [6.45, 7) is 3.20. The van der Waals surface area contributed by atoms with E-state index in [1.807, 2.05) is 12.3 Å². The van der Waals surface area contributed by atoms with Gasteiger partial charge in [0, 0.05) is 37.9 Å². The van der Waals surface area contributed by atoms with Gasteiger partial charge in [0.05, 0.1) is 5.69 Å². The molecule has 134 valence electrons. The largest absolute Gasteiger partial charge is 0.366 e. The molecule has 1 aromatic heterocycles. The molecule has 1 N–H and O–H groups in total. The molecule has 1 aliphatic heterocycles. The molecule has 2 aromatic carbocycles. The maximum absolute atomic E-state index is 13.0. The van der Waals surface area contributed by atoms with E-state index in [9.17, 15) is 4.39 Å². The molecule has 0 radical (unpaired) electrons. The number of rotatable bonds is 5. The van der Waals surface area contributed by atoms with Gasteiger partial charge in [0.1, 0.15) is 11.6 Å². The number of anilines is 1. The molecule has 26 heavy (non-hydrogen) atoms. The summed E-state index contributed by atoms with van der Waals surface area (Å²) >= 11 is 0. The number of nitrogens with one attached hydrogen (secondary N) is 1. The Labute approximate surface area is 153 Å². The molecule has 4 rings (SSSR count). The Morgan fingerprint density at radius 2 is 1.69 bits per heavy atom. The van der Waals surface area contributed by atoms with Crippen LogP contribution in [0.5, 0.6) is 0 Å². The lowest BCUT2D eigenvalue weighted by Crippen LogP contribution is -2.38. The molecule has 0 saturated carbocycles. The molecule has 1 saturated heterocycles. The molecule has 0 atom stereocenters. The number of nitrogens with zero attached hydrogens (tertiary/aromatic N) is 3. The number of likely N-dealkylation sites (tertiary alicyclic amines) is 1. The molecule has 0 unspecified atom stereocenters. The van der Waals surface area contributed by atoms with Crippen LogP contribution in [-0.2, 0) is 6.54 Å². The molecular formula is C21H23FN4. The fourth-order valence-electron chi connectivity index (χ4n) is 3.42. The third-order valence-corrected chi connectivity index (χ3v) is 4.87. The molecule has 5 heteroatoms. The highest BCUT2D eigenvalue weighted by atomic mass is 19.1. The highest BCUT2D eigenvalue weighted by Crippen LogP contribution is 2.18. The number of hydrogen-bond acceptors (Lipinski definition) is 3. The summed E-state index contributed by atoms with van der Waals surface area (Å²) in [7, 11) is 0. The van der Waals surface area contributed by atoms with Gasteiger partial charge in [-0.15, -0.1) is 0 Å². The van der Waals surface area contributed by atoms with Crippen molar-refractivity contribution in [1.82, 2.24) is 14.7 Å². The molecule has 0 aliphatic carbocycles. The Morgan fingerprint density at radius 1 is 0.962 bits per heavy atom. The monoisotopic (exact) mass is 350 g/mol. The quantitative estimate of drug-likeness (QED) is 0.752. The SMILES string of the molecule is Fc1ccc(-n2ccc(NC3CCN(Cc4ccccc4)CC3)n2)cc1. The normalized spacial score (nSPS) is 15.9. The zero-order valence-electron chi connectivity index (χ0n) is 14.7. The van der Waals surface area contributed by atoms with Crippen molar-refractivity contribution < 1.29 is 4.39 Å². The lowest BCUT2D eigenvalue weighted by molar-refractivity contribution is 0.211. The van der Waals surface area contributed by atoms with Gasteiger partial charge in [-0.05, 0) is 42.7 Å². The average molecular weight is 350 g/mol. The molecule has 3 aromatic rings. The number of piperidine rings is 1. The van der Waals surface area contributed by atoms with Crippen molar-refractivity contribution in [3.63, 3.8) is 0 Å². The summed E-state index contributed by atoms with van der Waals surface area (Å²) < 4.78 is 14.8. The van der Waals surface area contributed by atoms with Crippen LogP contribution in [0.2, 0.25) is 0 Å². The van der Waals surface area contributed by atoms with Gasteiger partial charge in [-0.3, -0.25) is 4.90 Å². The minimum atomic E-state index is -0.235. The van der Waals surface area contributed by atoms with E-state index < -0.39 is 0 Å². The summed E-state index contributed by atoms with van der Waals surface area (Å²) in [5.74, 6) is 0.636. The van der Waals surface area contributed by atoms with E-state index in [1.165, 1.54) is 17.7 Å². The third kappa shape index (κ3) is 4.11. The molecule has 2 heterocycles. The van der Waals surface area contributed by atoms with Crippen LogP contribution in [-0.4, -0.2) is 33.8 Å². The van der Waals surface area contributed by atoms with E-state index in [4.69, 9.17) is 0 Å². The Balaban J connectivity index is 1.30. The Hall–Kier alpha value is -2.66. The first-order valence-corrected chi connectivity index (χ1v) is 9.11. The number of halogens is 1. The van der Waals surface area contributed by atoms with E-state index in [1.54, 1.807) is 16.8 Å². The Bertz CT molecular complexity index is 821. The molecule has 0 bridgehead atoms.